The Morgan fingerprint density at radius 1 is 1.00 bits per heavy atom. The summed E-state index contributed by atoms with van der Waals surface area (Å²) in [6, 6.07) is 14.9. The van der Waals surface area contributed by atoms with Crippen molar-refractivity contribution in [2.75, 3.05) is 0 Å². The maximum absolute atomic E-state index is 6.54. The molecule has 0 radical (unpaired) electrons. The van der Waals surface area contributed by atoms with E-state index in [-0.39, 0.29) is 5.38 Å². The third-order valence-corrected chi connectivity index (χ3v) is 5.68. The van der Waals surface area contributed by atoms with Crippen molar-refractivity contribution in [1.29, 1.82) is 0 Å². The van der Waals surface area contributed by atoms with Gasteiger partial charge in [0.05, 0.1) is 0 Å². The summed E-state index contributed by atoms with van der Waals surface area (Å²) in [6.07, 6.45) is 0. The van der Waals surface area contributed by atoms with Crippen LogP contribution in [0.4, 0.5) is 0 Å². The van der Waals surface area contributed by atoms with Crippen molar-refractivity contribution in [3.8, 4) is 0 Å². The normalized spacial score (nSPS) is 13.1. The minimum atomic E-state index is -0.00824. The van der Waals surface area contributed by atoms with Crippen LogP contribution in [-0.2, 0) is 0 Å². The molecule has 1 aromatic carbocycles. The fourth-order valence-electron chi connectivity index (χ4n) is 1.86. The van der Waals surface area contributed by atoms with E-state index in [0.717, 1.165) is 0 Å². The predicted octanol–water partition coefficient (Wildman–Crippen LogP) is 5.60. The van der Waals surface area contributed by atoms with E-state index in [9.17, 15) is 0 Å². The summed E-state index contributed by atoms with van der Waals surface area (Å²) in [5.41, 5.74) is 0. The molecule has 0 aliphatic carbocycles. The molecule has 17 heavy (non-hydrogen) atoms. The predicted molar refractivity (Wildman–Crippen MR) is 78.6 cm³/mol. The van der Waals surface area contributed by atoms with E-state index in [1.165, 1.54) is 24.7 Å². The second-order valence-electron chi connectivity index (χ2n) is 4.00. The lowest BCUT2D eigenvalue weighted by Gasteiger charge is -2.02. The number of alkyl halides is 1. The highest BCUT2D eigenvalue weighted by Crippen LogP contribution is 2.39. The van der Waals surface area contributed by atoms with Gasteiger partial charge in [-0.3, -0.25) is 0 Å². The minimum Gasteiger partial charge on any atom is -0.144 e. The van der Waals surface area contributed by atoms with Gasteiger partial charge in [0.2, 0.25) is 0 Å². The van der Waals surface area contributed by atoms with Crippen molar-refractivity contribution in [2.24, 2.45) is 0 Å². The summed E-state index contributed by atoms with van der Waals surface area (Å²) in [6.45, 7) is 2.11. The van der Waals surface area contributed by atoms with Gasteiger partial charge in [0.25, 0.3) is 0 Å². The maximum atomic E-state index is 6.54. The standard InChI is InChI=1S/C14H11ClS2/c1-9-6-7-12(16-9)14(15)13-8-10-4-2-3-5-11(10)17-13/h2-8,14H,1H3. The fraction of sp³-hybridized carbons (Fsp3) is 0.143. The Morgan fingerprint density at radius 3 is 2.53 bits per heavy atom. The molecule has 0 amide bonds. The summed E-state index contributed by atoms with van der Waals surface area (Å²) in [7, 11) is 0. The Bertz CT molecular complexity index is 618. The highest BCUT2D eigenvalue weighted by molar-refractivity contribution is 7.19. The van der Waals surface area contributed by atoms with Crippen molar-refractivity contribution < 1.29 is 0 Å². The quantitative estimate of drug-likeness (QED) is 0.535. The number of rotatable bonds is 2. The van der Waals surface area contributed by atoms with Crippen molar-refractivity contribution in [1.82, 2.24) is 0 Å². The zero-order valence-electron chi connectivity index (χ0n) is 9.31. The monoisotopic (exact) mass is 278 g/mol. The fourth-order valence-corrected chi connectivity index (χ4v) is 4.27. The second-order valence-corrected chi connectivity index (χ2v) is 6.87. The number of fused-ring (bicyclic) bond motifs is 1. The molecule has 0 nitrogen and oxygen atoms in total. The molecule has 0 aliphatic rings. The van der Waals surface area contributed by atoms with Crippen molar-refractivity contribution in [3.63, 3.8) is 0 Å². The number of benzene rings is 1. The van der Waals surface area contributed by atoms with E-state index >= 15 is 0 Å². The average molecular weight is 279 g/mol. The van der Waals surface area contributed by atoms with Gasteiger partial charge in [0.1, 0.15) is 5.38 Å². The second kappa shape index (κ2) is 4.45. The van der Waals surface area contributed by atoms with E-state index in [0.29, 0.717) is 0 Å². The highest BCUT2D eigenvalue weighted by Gasteiger charge is 2.15. The van der Waals surface area contributed by atoms with Gasteiger partial charge in [-0.2, -0.15) is 0 Å². The highest BCUT2D eigenvalue weighted by atomic mass is 35.5. The zero-order chi connectivity index (χ0) is 11.8. The SMILES string of the molecule is Cc1ccc(C(Cl)c2cc3ccccc3s2)s1. The first-order chi connectivity index (χ1) is 8.24. The molecule has 0 spiro atoms. The zero-order valence-corrected chi connectivity index (χ0v) is 11.7. The number of thiophene rings is 2. The van der Waals surface area contributed by atoms with Crippen LogP contribution in [0.3, 0.4) is 0 Å². The molecule has 0 N–H and O–H groups in total. The molecule has 2 aromatic heterocycles. The van der Waals surface area contributed by atoms with Crippen molar-refractivity contribution in [3.05, 3.63) is 57.1 Å². The van der Waals surface area contributed by atoms with Crippen LogP contribution in [0, 0.1) is 6.92 Å². The molecule has 3 aromatic rings. The first kappa shape index (κ1) is 11.3. The third-order valence-electron chi connectivity index (χ3n) is 2.71. The van der Waals surface area contributed by atoms with Crippen LogP contribution in [0.25, 0.3) is 10.1 Å². The molecule has 3 heteroatoms. The van der Waals surface area contributed by atoms with Crippen LogP contribution in [-0.4, -0.2) is 0 Å². The number of aryl methyl sites for hydroxylation is 1. The van der Waals surface area contributed by atoms with Gasteiger partial charge in [-0.15, -0.1) is 34.3 Å². The molecular formula is C14H11ClS2. The summed E-state index contributed by atoms with van der Waals surface area (Å²) >= 11 is 10.1. The largest absolute Gasteiger partial charge is 0.144 e. The van der Waals surface area contributed by atoms with Gasteiger partial charge >= 0.3 is 0 Å². The topological polar surface area (TPSA) is 0 Å². The van der Waals surface area contributed by atoms with Crippen molar-refractivity contribution >= 4 is 44.4 Å². The maximum Gasteiger partial charge on any atom is 0.102 e. The van der Waals surface area contributed by atoms with E-state index in [2.05, 4.69) is 49.4 Å². The van der Waals surface area contributed by atoms with E-state index in [1.54, 1.807) is 22.7 Å². The first-order valence-electron chi connectivity index (χ1n) is 5.43. The van der Waals surface area contributed by atoms with E-state index < -0.39 is 0 Å². The van der Waals surface area contributed by atoms with Crippen LogP contribution >= 0.6 is 34.3 Å². The number of halogens is 1. The molecular weight excluding hydrogens is 268 g/mol. The molecule has 1 atom stereocenters. The Morgan fingerprint density at radius 2 is 1.82 bits per heavy atom. The molecule has 0 fully saturated rings. The lowest BCUT2D eigenvalue weighted by molar-refractivity contribution is 1.24. The lowest BCUT2D eigenvalue weighted by atomic mass is 10.2. The van der Waals surface area contributed by atoms with Crippen LogP contribution in [0.1, 0.15) is 20.0 Å². The van der Waals surface area contributed by atoms with Gasteiger partial charge in [-0.25, -0.2) is 0 Å². The summed E-state index contributed by atoms with van der Waals surface area (Å²) in [4.78, 5) is 3.78. The lowest BCUT2D eigenvalue weighted by Crippen LogP contribution is -1.83. The number of hydrogen-bond acceptors (Lipinski definition) is 2. The van der Waals surface area contributed by atoms with Crippen LogP contribution < -0.4 is 0 Å². The van der Waals surface area contributed by atoms with Gasteiger partial charge in [0, 0.05) is 19.3 Å². The number of hydrogen-bond donors (Lipinski definition) is 0. The Hall–Kier alpha value is -0.830. The molecule has 0 aliphatic heterocycles. The summed E-state index contributed by atoms with van der Waals surface area (Å²) in [5.74, 6) is 0. The minimum absolute atomic E-state index is 0.00824. The summed E-state index contributed by atoms with van der Waals surface area (Å²) in [5, 5.41) is 1.28. The molecule has 0 saturated carbocycles. The van der Waals surface area contributed by atoms with Crippen molar-refractivity contribution in [2.45, 2.75) is 12.3 Å². The van der Waals surface area contributed by atoms with Gasteiger partial charge in [-0.05, 0) is 36.6 Å². The average Bonchev–Trinajstić information content (AvgIpc) is 2.93. The molecule has 86 valence electrons. The van der Waals surface area contributed by atoms with Gasteiger partial charge < -0.3 is 0 Å². The van der Waals surface area contributed by atoms with Crippen LogP contribution in [0.2, 0.25) is 0 Å². The van der Waals surface area contributed by atoms with Crippen LogP contribution in [0.5, 0.6) is 0 Å². The Kier molecular flexibility index (Phi) is 2.95. The smallest absolute Gasteiger partial charge is 0.102 e. The molecule has 0 saturated heterocycles. The summed E-state index contributed by atoms with van der Waals surface area (Å²) < 4.78 is 1.31. The molecule has 2 heterocycles. The van der Waals surface area contributed by atoms with Gasteiger partial charge in [0.15, 0.2) is 0 Å². The molecule has 1 unspecified atom stereocenters. The third kappa shape index (κ3) is 2.13. The van der Waals surface area contributed by atoms with Crippen LogP contribution in [0.15, 0.2) is 42.5 Å². The molecule has 0 bridgehead atoms. The van der Waals surface area contributed by atoms with E-state index in [1.807, 2.05) is 0 Å². The first-order valence-corrected chi connectivity index (χ1v) is 7.50. The van der Waals surface area contributed by atoms with E-state index in [4.69, 9.17) is 11.6 Å². The Labute approximate surface area is 113 Å². The Balaban J connectivity index is 2.03. The van der Waals surface area contributed by atoms with Gasteiger partial charge in [-0.1, -0.05) is 18.2 Å². The molecule has 3 rings (SSSR count).